The number of rotatable bonds is 18. The number of methoxy groups -OCH3 is 1. The summed E-state index contributed by atoms with van der Waals surface area (Å²) in [5.74, 6) is 0. The minimum Gasteiger partial charge on any atom is -0.372 e. The van der Waals surface area contributed by atoms with Gasteiger partial charge in [0.2, 0.25) is 0 Å². The molecule has 0 N–H and O–H groups in total. The fourth-order valence-corrected chi connectivity index (χ4v) is 5.66. The zero-order valence-electron chi connectivity index (χ0n) is 24.7. The first kappa shape index (κ1) is 30.8. The van der Waals surface area contributed by atoms with Crippen molar-refractivity contribution in [1.29, 1.82) is 0 Å². The van der Waals surface area contributed by atoms with Crippen molar-refractivity contribution in [3.05, 3.63) is 73.3 Å². The molecule has 0 saturated carbocycles. The van der Waals surface area contributed by atoms with E-state index in [1.807, 2.05) is 67.8 Å². The fourth-order valence-electron chi connectivity index (χ4n) is 5.66. The molecule has 10 nitrogen and oxygen atoms in total. The highest BCUT2D eigenvalue weighted by Crippen LogP contribution is 2.36. The largest absolute Gasteiger partial charge is 0.372 e. The minimum absolute atomic E-state index is 0.293. The molecule has 10 heteroatoms. The molecular formula is C32H46N4O6. The van der Waals surface area contributed by atoms with E-state index in [2.05, 4.69) is 19.1 Å². The number of unbranched alkanes of at least 4 members (excludes halogenated alkanes) is 6. The van der Waals surface area contributed by atoms with Gasteiger partial charge in [-0.15, -0.1) is 0 Å². The summed E-state index contributed by atoms with van der Waals surface area (Å²) in [5.41, 5.74) is 0.981. The summed E-state index contributed by atoms with van der Waals surface area (Å²) in [6, 6.07) is 10.0. The molecule has 0 radical (unpaired) electrons. The molecule has 230 valence electrons. The van der Waals surface area contributed by atoms with Gasteiger partial charge in [-0.2, -0.15) is 0 Å². The second kappa shape index (κ2) is 16.9. The van der Waals surface area contributed by atoms with Crippen LogP contribution in [-0.2, 0) is 41.5 Å². The lowest BCUT2D eigenvalue weighted by atomic mass is 9.97. The number of nitrogens with zero attached hydrogens (tertiary/aromatic N) is 4. The Morgan fingerprint density at radius 3 is 1.98 bits per heavy atom. The second-order valence-electron chi connectivity index (χ2n) is 11.1. The lowest BCUT2D eigenvalue weighted by Gasteiger charge is -2.48. The lowest BCUT2D eigenvalue weighted by molar-refractivity contribution is -0.367. The molecule has 0 aliphatic carbocycles. The van der Waals surface area contributed by atoms with Crippen LogP contribution in [0.3, 0.4) is 0 Å². The number of fused-ring (bicyclic) bond motifs is 1. The summed E-state index contributed by atoms with van der Waals surface area (Å²) < 4.78 is 41.9. The van der Waals surface area contributed by atoms with Crippen LogP contribution in [0, 0.1) is 0 Å². The SMILES string of the molecule is CO[C@H]1O[C@@H]2COC(c3ccccc3)O[C@H]2[C@H](OCCCCCCn2ccnc2)[C@H]1OCCCCCCn1ccnc1. The van der Waals surface area contributed by atoms with Crippen LogP contribution < -0.4 is 0 Å². The van der Waals surface area contributed by atoms with Crippen molar-refractivity contribution in [2.75, 3.05) is 26.9 Å². The normalized spacial score (nSPS) is 25.8. The van der Waals surface area contributed by atoms with Crippen molar-refractivity contribution in [3.63, 3.8) is 0 Å². The summed E-state index contributed by atoms with van der Waals surface area (Å²) >= 11 is 0. The summed E-state index contributed by atoms with van der Waals surface area (Å²) in [5, 5.41) is 0. The fraction of sp³-hybridized carbons (Fsp3) is 0.625. The quantitative estimate of drug-likeness (QED) is 0.190. The first-order chi connectivity index (χ1) is 20.8. The van der Waals surface area contributed by atoms with Crippen molar-refractivity contribution in [2.24, 2.45) is 0 Å². The summed E-state index contributed by atoms with van der Waals surface area (Å²) in [6.45, 7) is 3.64. The number of imidazole rings is 2. The van der Waals surface area contributed by atoms with E-state index in [0.29, 0.717) is 19.8 Å². The van der Waals surface area contributed by atoms with E-state index < -0.39 is 18.7 Å². The van der Waals surface area contributed by atoms with E-state index in [-0.39, 0.29) is 18.3 Å². The van der Waals surface area contributed by atoms with Gasteiger partial charge in [0.05, 0.1) is 19.3 Å². The lowest BCUT2D eigenvalue weighted by Crippen LogP contribution is -2.63. The molecule has 0 spiro atoms. The highest BCUT2D eigenvalue weighted by Gasteiger charge is 2.51. The number of hydrogen-bond donors (Lipinski definition) is 0. The standard InChI is InChI=1S/C32H46N4O6/c1-37-32-30(39-22-12-5-3-10-18-36-20-16-34-25-36)29(38-21-11-4-2-9-17-35-19-15-33-24-35)28-27(41-32)23-40-31(42-28)26-13-7-6-8-14-26/h6-8,13-16,19-20,24-25,27-32H,2-5,9-12,17-18,21-23H2,1H3/t27-,28-,29+,30-,31?,32+/m1/s1. The second-order valence-corrected chi connectivity index (χ2v) is 11.1. The third-order valence-electron chi connectivity index (χ3n) is 7.95. The van der Waals surface area contributed by atoms with E-state index >= 15 is 0 Å². The van der Waals surface area contributed by atoms with E-state index in [0.717, 1.165) is 70.0 Å². The van der Waals surface area contributed by atoms with Crippen molar-refractivity contribution in [2.45, 2.75) is 101 Å². The Labute approximate surface area is 249 Å². The molecule has 2 aliphatic heterocycles. The molecule has 42 heavy (non-hydrogen) atoms. The van der Waals surface area contributed by atoms with Crippen LogP contribution in [0.15, 0.2) is 67.8 Å². The van der Waals surface area contributed by atoms with Gasteiger partial charge in [-0.05, 0) is 25.7 Å². The van der Waals surface area contributed by atoms with Gasteiger partial charge in [-0.3, -0.25) is 0 Å². The third-order valence-corrected chi connectivity index (χ3v) is 7.95. The van der Waals surface area contributed by atoms with Crippen LogP contribution in [0.1, 0.15) is 63.2 Å². The maximum Gasteiger partial charge on any atom is 0.186 e. The molecule has 5 rings (SSSR count). The van der Waals surface area contributed by atoms with Crippen molar-refractivity contribution in [1.82, 2.24) is 19.1 Å². The van der Waals surface area contributed by atoms with Gasteiger partial charge < -0.3 is 37.6 Å². The van der Waals surface area contributed by atoms with E-state index in [9.17, 15) is 0 Å². The summed E-state index contributed by atoms with van der Waals surface area (Å²) in [4.78, 5) is 8.23. The average molecular weight is 583 g/mol. The van der Waals surface area contributed by atoms with Crippen molar-refractivity contribution < 1.29 is 28.4 Å². The Morgan fingerprint density at radius 2 is 1.38 bits per heavy atom. The maximum atomic E-state index is 6.58. The Hall–Kier alpha value is -2.60. The molecule has 2 aliphatic rings. The average Bonchev–Trinajstić information content (AvgIpc) is 3.75. The van der Waals surface area contributed by atoms with Gasteiger partial charge in [0.15, 0.2) is 12.6 Å². The zero-order valence-corrected chi connectivity index (χ0v) is 24.7. The molecule has 0 bridgehead atoms. The molecule has 4 heterocycles. The highest BCUT2D eigenvalue weighted by molar-refractivity contribution is 5.16. The van der Waals surface area contributed by atoms with E-state index in [1.54, 1.807) is 7.11 Å². The molecule has 6 atom stereocenters. The third kappa shape index (κ3) is 8.95. The number of ether oxygens (including phenoxy) is 6. The van der Waals surface area contributed by atoms with Gasteiger partial charge >= 0.3 is 0 Å². The molecular weight excluding hydrogens is 536 g/mol. The van der Waals surface area contributed by atoms with Gasteiger partial charge in [0.1, 0.15) is 24.4 Å². The Balaban J connectivity index is 1.13. The molecule has 2 aromatic heterocycles. The maximum absolute atomic E-state index is 6.58. The van der Waals surface area contributed by atoms with Crippen molar-refractivity contribution >= 4 is 0 Å². The topological polar surface area (TPSA) is 91.0 Å². The summed E-state index contributed by atoms with van der Waals surface area (Å²) in [6.07, 6.45) is 17.7. The van der Waals surface area contributed by atoms with Gasteiger partial charge in [0.25, 0.3) is 0 Å². The molecule has 2 saturated heterocycles. The van der Waals surface area contributed by atoms with Crippen LogP contribution in [0.5, 0.6) is 0 Å². The molecule has 1 unspecified atom stereocenters. The molecule has 2 fully saturated rings. The van der Waals surface area contributed by atoms with E-state index in [4.69, 9.17) is 28.4 Å². The first-order valence-electron chi connectivity index (χ1n) is 15.5. The van der Waals surface area contributed by atoms with E-state index in [1.165, 1.54) is 0 Å². The van der Waals surface area contributed by atoms with Gasteiger partial charge in [-0.25, -0.2) is 9.97 Å². The zero-order chi connectivity index (χ0) is 28.8. The van der Waals surface area contributed by atoms with Gasteiger partial charge in [0, 0.05) is 63.8 Å². The molecule has 0 amide bonds. The Morgan fingerprint density at radius 1 is 0.762 bits per heavy atom. The number of benzene rings is 1. The first-order valence-corrected chi connectivity index (χ1v) is 15.5. The Bertz CT molecular complexity index is 1100. The number of hydrogen-bond acceptors (Lipinski definition) is 8. The summed E-state index contributed by atoms with van der Waals surface area (Å²) in [7, 11) is 1.66. The molecule has 3 aromatic rings. The van der Waals surface area contributed by atoms with Crippen LogP contribution >= 0.6 is 0 Å². The molecule has 1 aromatic carbocycles. The van der Waals surface area contributed by atoms with Crippen LogP contribution in [-0.4, -0.2) is 76.7 Å². The van der Waals surface area contributed by atoms with Crippen molar-refractivity contribution in [3.8, 4) is 0 Å². The smallest absolute Gasteiger partial charge is 0.186 e. The number of aryl methyl sites for hydroxylation is 2. The Kier molecular flexibility index (Phi) is 12.4. The van der Waals surface area contributed by atoms with Crippen LogP contribution in [0.2, 0.25) is 0 Å². The minimum atomic E-state index is -0.548. The number of aromatic nitrogens is 4. The predicted molar refractivity (Wildman–Crippen MR) is 157 cm³/mol. The predicted octanol–water partition coefficient (Wildman–Crippen LogP) is 5.16. The monoisotopic (exact) mass is 582 g/mol. The highest BCUT2D eigenvalue weighted by atomic mass is 16.8. The van der Waals surface area contributed by atoms with Crippen LogP contribution in [0.4, 0.5) is 0 Å². The van der Waals surface area contributed by atoms with Gasteiger partial charge in [-0.1, -0.05) is 56.0 Å². The van der Waals surface area contributed by atoms with Crippen LogP contribution in [0.25, 0.3) is 0 Å².